The normalized spacial score (nSPS) is 13.3. The molecule has 0 bridgehead atoms. The first-order chi connectivity index (χ1) is 14.8. The molecule has 0 spiro atoms. The zero-order valence-electron chi connectivity index (χ0n) is 19.8. The van der Waals surface area contributed by atoms with Crippen LogP contribution in [0.4, 0.5) is 0 Å². The highest BCUT2D eigenvalue weighted by atomic mass is 31.2. The summed E-state index contributed by atoms with van der Waals surface area (Å²) in [4.78, 5) is 0. The number of rotatable bonds is 25. The minimum absolute atomic E-state index is 0.783. The summed E-state index contributed by atoms with van der Waals surface area (Å²) in [6.07, 6.45) is 17.2. The maximum absolute atomic E-state index is 5.78. The summed E-state index contributed by atoms with van der Waals surface area (Å²) in [7, 11) is -1.75. The van der Waals surface area contributed by atoms with E-state index in [1.54, 1.807) is 0 Å². The van der Waals surface area contributed by atoms with Crippen LogP contribution in [0.2, 0.25) is 0 Å². The monoisotopic (exact) mass is 462 g/mol. The van der Waals surface area contributed by atoms with Crippen molar-refractivity contribution in [2.45, 2.75) is 104 Å². The van der Waals surface area contributed by atoms with Crippen molar-refractivity contribution in [3.8, 4) is 0 Å². The highest BCUT2D eigenvalue weighted by Gasteiger charge is 2.05. The lowest BCUT2D eigenvalue weighted by Gasteiger charge is -2.13. The molecule has 0 saturated carbocycles. The Morgan fingerprint density at radius 2 is 0.733 bits per heavy atom. The molecule has 6 heteroatoms. The molecule has 0 aromatic heterocycles. The molecule has 0 aliphatic carbocycles. The van der Waals surface area contributed by atoms with Gasteiger partial charge in [-0.25, -0.2) is 0 Å². The summed E-state index contributed by atoms with van der Waals surface area (Å²) in [6.45, 7) is 15.1. The number of unbranched alkanes of at least 4 members (excludes halogenated alkanes) is 11. The Balaban J connectivity index is 3.30. The summed E-state index contributed by atoms with van der Waals surface area (Å²) >= 11 is 0. The molecule has 0 aromatic rings. The number of hydrogen-bond donors (Lipinski definition) is 0. The third kappa shape index (κ3) is 21.4. The fourth-order valence-corrected chi connectivity index (χ4v) is 4.62. The van der Waals surface area contributed by atoms with E-state index >= 15 is 0 Å². The second kappa shape index (κ2) is 25.4. The van der Waals surface area contributed by atoms with Crippen LogP contribution in [0.15, 0.2) is 24.8 Å². The lowest BCUT2D eigenvalue weighted by atomic mass is 10.1. The second-order valence-corrected chi connectivity index (χ2v) is 10.4. The fraction of sp³-hybridized carbons (Fsp3) is 0.833. The molecule has 0 aromatic carbocycles. The van der Waals surface area contributed by atoms with E-state index in [9.17, 15) is 0 Å². The molecule has 0 heterocycles. The van der Waals surface area contributed by atoms with Gasteiger partial charge in [0, 0.05) is 0 Å². The Morgan fingerprint density at radius 1 is 0.467 bits per heavy atom. The van der Waals surface area contributed by atoms with Crippen LogP contribution in [0.1, 0.15) is 104 Å². The van der Waals surface area contributed by atoms with Crippen LogP contribution >= 0.6 is 16.8 Å². The van der Waals surface area contributed by atoms with Crippen molar-refractivity contribution in [3.63, 3.8) is 0 Å². The minimum Gasteiger partial charge on any atom is -0.331 e. The van der Waals surface area contributed by atoms with Crippen molar-refractivity contribution in [2.24, 2.45) is 0 Å². The van der Waals surface area contributed by atoms with Crippen molar-refractivity contribution >= 4 is 16.8 Å². The molecule has 0 fully saturated rings. The third-order valence-corrected chi connectivity index (χ3v) is 7.05. The maximum Gasteiger partial charge on any atom is 0.196 e. The summed E-state index contributed by atoms with van der Waals surface area (Å²) in [5, 5.41) is 0. The molecule has 0 rings (SSSR count). The zero-order valence-corrected chi connectivity index (χ0v) is 21.6. The molecular weight excluding hydrogens is 414 g/mol. The van der Waals surface area contributed by atoms with Crippen LogP contribution in [0.5, 0.6) is 0 Å². The highest BCUT2D eigenvalue weighted by molar-refractivity contribution is 7.50. The molecule has 2 atom stereocenters. The van der Waals surface area contributed by atoms with Crippen molar-refractivity contribution < 1.29 is 18.1 Å². The fourth-order valence-electron chi connectivity index (χ4n) is 2.81. The van der Waals surface area contributed by atoms with Crippen LogP contribution in [0.25, 0.3) is 0 Å². The molecule has 0 saturated heterocycles. The average Bonchev–Trinajstić information content (AvgIpc) is 2.76. The second-order valence-electron chi connectivity index (χ2n) is 7.51. The quantitative estimate of drug-likeness (QED) is 0.1000. The van der Waals surface area contributed by atoms with Gasteiger partial charge in [-0.15, -0.1) is 0 Å². The van der Waals surface area contributed by atoms with Crippen molar-refractivity contribution in [1.29, 1.82) is 0 Å². The molecule has 30 heavy (non-hydrogen) atoms. The van der Waals surface area contributed by atoms with Crippen molar-refractivity contribution in [2.75, 3.05) is 26.4 Å². The van der Waals surface area contributed by atoms with E-state index in [4.69, 9.17) is 18.1 Å². The smallest absolute Gasteiger partial charge is 0.196 e. The first kappa shape index (κ1) is 30.2. The Hall–Kier alpha value is 0.180. The summed E-state index contributed by atoms with van der Waals surface area (Å²) in [6, 6.07) is 0. The molecule has 4 nitrogen and oxygen atoms in total. The molecule has 0 N–H and O–H groups in total. The predicted octanol–water partition coefficient (Wildman–Crippen LogP) is 9.46. The van der Waals surface area contributed by atoms with E-state index in [0.29, 0.717) is 0 Å². The highest BCUT2D eigenvalue weighted by Crippen LogP contribution is 2.40. The summed E-state index contributed by atoms with van der Waals surface area (Å²) < 4.78 is 22.9. The first-order valence-corrected chi connectivity index (χ1v) is 14.6. The number of hydrogen-bond acceptors (Lipinski definition) is 4. The molecule has 0 amide bonds. The van der Waals surface area contributed by atoms with Crippen molar-refractivity contribution in [1.82, 2.24) is 0 Å². The molecule has 0 aliphatic rings. The van der Waals surface area contributed by atoms with Gasteiger partial charge in [-0.2, -0.15) is 0 Å². The van der Waals surface area contributed by atoms with Gasteiger partial charge in [0.25, 0.3) is 0 Å². The Bertz CT molecular complexity index is 335. The van der Waals surface area contributed by atoms with Gasteiger partial charge in [0.15, 0.2) is 16.8 Å². The van der Waals surface area contributed by atoms with Gasteiger partial charge in [-0.05, 0) is 37.3 Å². The van der Waals surface area contributed by atoms with E-state index in [1.807, 2.05) is 11.6 Å². The van der Waals surface area contributed by atoms with Crippen LogP contribution in [-0.4, -0.2) is 26.4 Å². The third-order valence-electron chi connectivity index (χ3n) is 4.71. The standard InChI is InChI=1S/C24H48O4P2/c1-5-9-21-25-29(7-3)27-23-19-17-15-13-11-12-14-16-18-20-24-28-30(8-4)26-22-10-6-2/h7-8H,3-6,9-24H2,1-2H3. The van der Waals surface area contributed by atoms with Crippen molar-refractivity contribution in [3.05, 3.63) is 24.8 Å². The van der Waals surface area contributed by atoms with Gasteiger partial charge >= 0.3 is 0 Å². The zero-order chi connectivity index (χ0) is 22.1. The molecular formula is C24H48O4P2. The van der Waals surface area contributed by atoms with Gasteiger partial charge in [-0.3, -0.25) is 0 Å². The largest absolute Gasteiger partial charge is 0.331 e. The van der Waals surface area contributed by atoms with Crippen LogP contribution < -0.4 is 0 Å². The summed E-state index contributed by atoms with van der Waals surface area (Å²) in [5.74, 6) is 3.63. The van der Waals surface area contributed by atoms with E-state index in [2.05, 4.69) is 27.0 Å². The Labute approximate surface area is 190 Å². The van der Waals surface area contributed by atoms with Gasteiger partial charge in [-0.1, -0.05) is 91.2 Å². The van der Waals surface area contributed by atoms with Crippen LogP contribution in [-0.2, 0) is 18.1 Å². The average molecular weight is 463 g/mol. The minimum atomic E-state index is -0.874. The van der Waals surface area contributed by atoms with E-state index < -0.39 is 16.8 Å². The van der Waals surface area contributed by atoms with Crippen LogP contribution in [0.3, 0.4) is 0 Å². The molecule has 2 unspecified atom stereocenters. The van der Waals surface area contributed by atoms with E-state index in [1.165, 1.54) is 51.4 Å². The lowest BCUT2D eigenvalue weighted by molar-refractivity contribution is 0.247. The molecule has 178 valence electrons. The van der Waals surface area contributed by atoms with Gasteiger partial charge in [0.2, 0.25) is 0 Å². The maximum atomic E-state index is 5.78. The lowest BCUT2D eigenvalue weighted by Crippen LogP contribution is -1.94. The van der Waals surface area contributed by atoms with Gasteiger partial charge < -0.3 is 18.1 Å². The predicted molar refractivity (Wildman–Crippen MR) is 134 cm³/mol. The molecule has 0 aliphatic heterocycles. The van der Waals surface area contributed by atoms with E-state index in [0.717, 1.165) is 65.0 Å². The first-order valence-electron chi connectivity index (χ1n) is 12.1. The van der Waals surface area contributed by atoms with Gasteiger partial charge in [0.05, 0.1) is 26.4 Å². The van der Waals surface area contributed by atoms with E-state index in [-0.39, 0.29) is 0 Å². The van der Waals surface area contributed by atoms with Gasteiger partial charge in [0.1, 0.15) is 0 Å². The Morgan fingerprint density at radius 3 is 1.00 bits per heavy atom. The summed E-state index contributed by atoms with van der Waals surface area (Å²) in [5.41, 5.74) is 0. The topological polar surface area (TPSA) is 36.9 Å². The SMILES string of the molecule is C=CP(OCCCC)OCCCCCCCCCCCCOP(C=C)OCCCC. The Kier molecular flexibility index (Phi) is 25.6. The molecule has 0 radical (unpaired) electrons. The van der Waals surface area contributed by atoms with Crippen LogP contribution in [0, 0.1) is 0 Å².